The average Bonchev–Trinajstić information content (AvgIpc) is 2.42. The molecule has 0 heterocycles. The highest BCUT2D eigenvalue weighted by Crippen LogP contribution is 2.33. The molecule has 1 nitrogen and oxygen atoms in total. The van der Waals surface area contributed by atoms with Crippen LogP contribution in [-0.2, 0) is 0 Å². The van der Waals surface area contributed by atoms with E-state index in [4.69, 9.17) is 23.2 Å². The van der Waals surface area contributed by atoms with Crippen LogP contribution in [0.2, 0.25) is 10.0 Å². The first-order valence-electron chi connectivity index (χ1n) is 6.05. The highest BCUT2D eigenvalue weighted by atomic mass is 35.5. The molecule has 1 atom stereocenters. The summed E-state index contributed by atoms with van der Waals surface area (Å²) in [6, 6.07) is 7.46. The third kappa shape index (κ3) is 2.95. The van der Waals surface area contributed by atoms with E-state index < -0.39 is 11.6 Å². The smallest absolute Gasteiger partial charge is 0.160 e. The van der Waals surface area contributed by atoms with Crippen molar-refractivity contribution in [2.45, 2.75) is 13.0 Å². The number of nitrogens with one attached hydrogen (secondary N) is 1. The van der Waals surface area contributed by atoms with Crippen LogP contribution in [0.5, 0.6) is 0 Å². The molecule has 0 spiro atoms. The zero-order valence-corrected chi connectivity index (χ0v) is 12.5. The Morgan fingerprint density at radius 1 is 1.00 bits per heavy atom. The Kier molecular flexibility index (Phi) is 4.63. The Morgan fingerprint density at radius 2 is 1.65 bits per heavy atom. The molecule has 0 radical (unpaired) electrons. The van der Waals surface area contributed by atoms with Crippen LogP contribution in [0.3, 0.4) is 0 Å². The Bertz CT molecular complexity index is 644. The van der Waals surface area contributed by atoms with Crippen molar-refractivity contribution in [3.63, 3.8) is 0 Å². The largest absolute Gasteiger partial charge is 0.313 e. The van der Waals surface area contributed by atoms with E-state index in [1.807, 2.05) is 20.0 Å². The summed E-state index contributed by atoms with van der Waals surface area (Å²) in [6.07, 6.45) is 0. The molecule has 5 heteroatoms. The maximum atomic E-state index is 13.3. The fourth-order valence-corrected chi connectivity index (χ4v) is 2.55. The zero-order chi connectivity index (χ0) is 14.9. The van der Waals surface area contributed by atoms with Gasteiger partial charge >= 0.3 is 0 Å². The van der Waals surface area contributed by atoms with Crippen LogP contribution in [-0.4, -0.2) is 7.05 Å². The van der Waals surface area contributed by atoms with Gasteiger partial charge in [-0.05, 0) is 43.3 Å². The molecule has 2 rings (SSSR count). The van der Waals surface area contributed by atoms with E-state index in [1.54, 1.807) is 12.1 Å². The van der Waals surface area contributed by atoms with E-state index in [2.05, 4.69) is 5.32 Å². The van der Waals surface area contributed by atoms with E-state index in [-0.39, 0.29) is 11.1 Å². The summed E-state index contributed by atoms with van der Waals surface area (Å²) in [7, 11) is 1.83. The normalized spacial score (nSPS) is 12.5. The fourth-order valence-electron chi connectivity index (χ4n) is 1.95. The van der Waals surface area contributed by atoms with Crippen LogP contribution in [0.25, 0.3) is 11.1 Å². The number of benzene rings is 2. The molecule has 0 saturated heterocycles. The molecular weight excluding hydrogens is 303 g/mol. The predicted molar refractivity (Wildman–Crippen MR) is 79.3 cm³/mol. The molecule has 1 unspecified atom stereocenters. The maximum absolute atomic E-state index is 13.3. The van der Waals surface area contributed by atoms with Crippen molar-refractivity contribution in [2.24, 2.45) is 0 Å². The van der Waals surface area contributed by atoms with Gasteiger partial charge in [0.2, 0.25) is 0 Å². The van der Waals surface area contributed by atoms with Gasteiger partial charge in [-0.3, -0.25) is 0 Å². The lowest BCUT2D eigenvalue weighted by Crippen LogP contribution is -2.12. The first-order valence-corrected chi connectivity index (χ1v) is 6.81. The Labute approximate surface area is 126 Å². The summed E-state index contributed by atoms with van der Waals surface area (Å²) in [5, 5.41) is 3.78. The summed E-state index contributed by atoms with van der Waals surface area (Å²) < 4.78 is 26.4. The molecule has 106 valence electrons. The van der Waals surface area contributed by atoms with E-state index >= 15 is 0 Å². The maximum Gasteiger partial charge on any atom is 0.160 e. The van der Waals surface area contributed by atoms with Crippen molar-refractivity contribution in [1.29, 1.82) is 0 Å². The van der Waals surface area contributed by atoms with Gasteiger partial charge in [0, 0.05) is 16.6 Å². The lowest BCUT2D eigenvalue weighted by atomic mass is 10.0. The standard InChI is InChI=1S/C15H13Cl2F2N/c1-8(20-2)10-4-3-9(5-12(10)16)11-6-14(18)15(19)7-13(11)17/h3-8,20H,1-2H3. The third-order valence-electron chi connectivity index (χ3n) is 3.22. The molecule has 20 heavy (non-hydrogen) atoms. The van der Waals surface area contributed by atoms with E-state index in [0.29, 0.717) is 16.1 Å². The minimum atomic E-state index is -0.967. The molecule has 0 bridgehead atoms. The van der Waals surface area contributed by atoms with E-state index in [0.717, 1.165) is 17.7 Å². The summed E-state index contributed by atoms with van der Waals surface area (Å²) in [4.78, 5) is 0. The molecular formula is C15H13Cl2F2N. The predicted octanol–water partition coefficient (Wildman–Crippen LogP) is 5.22. The van der Waals surface area contributed by atoms with Crippen molar-refractivity contribution < 1.29 is 8.78 Å². The SMILES string of the molecule is CNC(C)c1ccc(-c2cc(F)c(F)cc2Cl)cc1Cl. The van der Waals surface area contributed by atoms with Gasteiger partial charge in [0.1, 0.15) is 0 Å². The summed E-state index contributed by atoms with van der Waals surface area (Å²) in [6.45, 7) is 1.98. The molecule has 1 N–H and O–H groups in total. The van der Waals surface area contributed by atoms with Crippen molar-refractivity contribution in [2.75, 3.05) is 7.05 Å². The van der Waals surface area contributed by atoms with Gasteiger partial charge in [-0.1, -0.05) is 35.3 Å². The van der Waals surface area contributed by atoms with Crippen LogP contribution >= 0.6 is 23.2 Å². The summed E-state index contributed by atoms with van der Waals surface area (Å²) >= 11 is 12.2. The third-order valence-corrected chi connectivity index (χ3v) is 3.86. The highest BCUT2D eigenvalue weighted by molar-refractivity contribution is 6.34. The Balaban J connectivity index is 2.49. The molecule has 0 aromatic heterocycles. The van der Waals surface area contributed by atoms with Gasteiger partial charge in [0.05, 0.1) is 5.02 Å². The highest BCUT2D eigenvalue weighted by Gasteiger charge is 2.13. The second-order valence-electron chi connectivity index (χ2n) is 4.49. The van der Waals surface area contributed by atoms with E-state index in [1.165, 1.54) is 0 Å². The van der Waals surface area contributed by atoms with Crippen LogP contribution in [0.15, 0.2) is 30.3 Å². The number of rotatable bonds is 3. The first kappa shape index (κ1) is 15.2. The fraction of sp³-hybridized carbons (Fsp3) is 0.200. The second kappa shape index (κ2) is 6.08. The van der Waals surface area contributed by atoms with Crippen LogP contribution in [0.4, 0.5) is 8.78 Å². The molecule has 0 aliphatic carbocycles. The van der Waals surface area contributed by atoms with Gasteiger partial charge in [0.15, 0.2) is 11.6 Å². The Hall–Kier alpha value is -1.16. The molecule has 0 aliphatic rings. The topological polar surface area (TPSA) is 12.0 Å². The van der Waals surface area contributed by atoms with Gasteiger partial charge in [0.25, 0.3) is 0 Å². The van der Waals surface area contributed by atoms with Crippen molar-refractivity contribution in [3.8, 4) is 11.1 Å². The van der Waals surface area contributed by atoms with Crippen molar-refractivity contribution in [3.05, 3.63) is 57.6 Å². The average molecular weight is 316 g/mol. The van der Waals surface area contributed by atoms with Crippen LogP contribution < -0.4 is 5.32 Å². The van der Waals surface area contributed by atoms with Crippen LogP contribution in [0.1, 0.15) is 18.5 Å². The Morgan fingerprint density at radius 3 is 2.25 bits per heavy atom. The lowest BCUT2D eigenvalue weighted by Gasteiger charge is -2.14. The molecule has 2 aromatic rings. The van der Waals surface area contributed by atoms with Crippen molar-refractivity contribution in [1.82, 2.24) is 5.32 Å². The lowest BCUT2D eigenvalue weighted by molar-refractivity contribution is 0.509. The summed E-state index contributed by atoms with van der Waals surface area (Å²) in [5.74, 6) is -1.90. The van der Waals surface area contributed by atoms with E-state index in [9.17, 15) is 8.78 Å². The number of hydrogen-bond acceptors (Lipinski definition) is 1. The summed E-state index contributed by atoms with van der Waals surface area (Å²) in [5.41, 5.74) is 1.98. The monoisotopic (exact) mass is 315 g/mol. The number of halogens is 4. The molecule has 0 aliphatic heterocycles. The minimum absolute atomic E-state index is 0.0944. The van der Waals surface area contributed by atoms with Crippen molar-refractivity contribution >= 4 is 23.2 Å². The minimum Gasteiger partial charge on any atom is -0.313 e. The molecule has 0 saturated carbocycles. The van der Waals surface area contributed by atoms with Gasteiger partial charge in [-0.15, -0.1) is 0 Å². The zero-order valence-electron chi connectivity index (χ0n) is 11.0. The second-order valence-corrected chi connectivity index (χ2v) is 5.31. The molecule has 2 aromatic carbocycles. The van der Waals surface area contributed by atoms with Gasteiger partial charge in [-0.25, -0.2) is 8.78 Å². The first-order chi connectivity index (χ1) is 9.43. The molecule has 0 fully saturated rings. The van der Waals surface area contributed by atoms with Gasteiger partial charge < -0.3 is 5.32 Å². The number of hydrogen-bond donors (Lipinski definition) is 1. The quantitative estimate of drug-likeness (QED) is 0.766. The molecule has 0 amide bonds. The van der Waals surface area contributed by atoms with Gasteiger partial charge in [-0.2, -0.15) is 0 Å². The van der Waals surface area contributed by atoms with Crippen LogP contribution in [0, 0.1) is 11.6 Å².